The van der Waals surface area contributed by atoms with E-state index in [1.54, 1.807) is 50.2 Å². The smallest absolute Gasteiger partial charge is 0.333 e. The second kappa shape index (κ2) is 10.8. The maximum absolute atomic E-state index is 11.3. The number of pyridine rings is 1. The van der Waals surface area contributed by atoms with Crippen molar-refractivity contribution in [2.24, 2.45) is 0 Å². The van der Waals surface area contributed by atoms with Gasteiger partial charge < -0.3 is 24.4 Å². The molecule has 0 spiro atoms. The van der Waals surface area contributed by atoms with Crippen LogP contribution in [0.25, 0.3) is 0 Å². The van der Waals surface area contributed by atoms with Gasteiger partial charge in [0.1, 0.15) is 25.1 Å². The molecule has 0 aliphatic rings. The van der Waals surface area contributed by atoms with Gasteiger partial charge in [-0.3, -0.25) is 0 Å². The Kier molecular flexibility index (Phi) is 8.50. The zero-order valence-electron chi connectivity index (χ0n) is 15.7. The number of hydrogen-bond acceptors (Lipinski definition) is 6. The zero-order chi connectivity index (χ0) is 20.5. The van der Waals surface area contributed by atoms with Gasteiger partial charge in [0.2, 0.25) is 5.88 Å². The molecule has 152 valence electrons. The molecule has 28 heavy (non-hydrogen) atoms. The summed E-state index contributed by atoms with van der Waals surface area (Å²) in [5.41, 5.74) is 0.765. The molecular formula is C20H24ClNO6. The molecule has 1 aromatic heterocycles. The normalized spacial score (nSPS) is 13.2. The first kappa shape index (κ1) is 21.9. The Morgan fingerprint density at radius 2 is 1.93 bits per heavy atom. The zero-order valence-corrected chi connectivity index (χ0v) is 16.5. The van der Waals surface area contributed by atoms with Crippen molar-refractivity contribution < 1.29 is 29.2 Å². The summed E-state index contributed by atoms with van der Waals surface area (Å²) in [6.45, 7) is 3.61. The molecule has 0 saturated heterocycles. The maximum atomic E-state index is 11.3. The van der Waals surface area contributed by atoms with Gasteiger partial charge in [-0.2, -0.15) is 0 Å². The van der Waals surface area contributed by atoms with Gasteiger partial charge in [-0.15, -0.1) is 0 Å². The Balaban J connectivity index is 1.84. The van der Waals surface area contributed by atoms with Crippen molar-refractivity contribution in [1.29, 1.82) is 0 Å². The molecule has 2 aromatic rings. The van der Waals surface area contributed by atoms with Crippen LogP contribution in [0.4, 0.5) is 0 Å². The van der Waals surface area contributed by atoms with E-state index < -0.39 is 18.2 Å². The number of carboxylic acid groups (broad SMARTS) is 1. The van der Waals surface area contributed by atoms with Crippen molar-refractivity contribution >= 4 is 17.6 Å². The van der Waals surface area contributed by atoms with Crippen LogP contribution in [-0.4, -0.2) is 52.7 Å². The molecule has 2 atom stereocenters. The summed E-state index contributed by atoms with van der Waals surface area (Å²) in [5.74, 6) is -0.131. The molecule has 8 heteroatoms. The molecular weight excluding hydrogens is 386 g/mol. The lowest BCUT2D eigenvalue weighted by Crippen LogP contribution is -2.29. The van der Waals surface area contributed by atoms with E-state index in [1.165, 1.54) is 6.20 Å². The summed E-state index contributed by atoms with van der Waals surface area (Å²) in [5, 5.41) is 19.8. The fourth-order valence-corrected chi connectivity index (χ4v) is 2.48. The van der Waals surface area contributed by atoms with E-state index in [1.807, 2.05) is 0 Å². The lowest BCUT2D eigenvalue weighted by molar-refractivity contribution is -0.153. The quantitative estimate of drug-likeness (QED) is 0.588. The Morgan fingerprint density at radius 1 is 1.18 bits per heavy atom. The number of carbonyl (C=O) groups is 1. The van der Waals surface area contributed by atoms with E-state index in [0.717, 1.165) is 5.56 Å². The van der Waals surface area contributed by atoms with Crippen LogP contribution in [-0.2, 0) is 16.0 Å². The third-order valence-corrected chi connectivity index (χ3v) is 3.82. The predicted molar refractivity (Wildman–Crippen MR) is 104 cm³/mol. The minimum absolute atomic E-state index is 0.0115. The molecule has 7 nitrogen and oxygen atoms in total. The average molecular weight is 410 g/mol. The molecule has 0 aliphatic carbocycles. The Hall–Kier alpha value is -2.35. The first-order valence-corrected chi connectivity index (χ1v) is 9.23. The van der Waals surface area contributed by atoms with Crippen molar-refractivity contribution in [2.45, 2.75) is 38.6 Å². The Labute approximate surface area is 168 Å². The number of benzene rings is 1. The highest BCUT2D eigenvalue weighted by Gasteiger charge is 2.20. The third-order valence-electron chi connectivity index (χ3n) is 3.60. The molecule has 0 saturated carbocycles. The van der Waals surface area contributed by atoms with Crippen LogP contribution in [0.15, 0.2) is 42.6 Å². The van der Waals surface area contributed by atoms with Crippen molar-refractivity contribution in [2.75, 3.05) is 13.2 Å². The molecule has 0 fully saturated rings. The summed E-state index contributed by atoms with van der Waals surface area (Å²) in [7, 11) is 0. The monoisotopic (exact) mass is 409 g/mol. The van der Waals surface area contributed by atoms with Gasteiger partial charge in [0.15, 0.2) is 6.10 Å². The van der Waals surface area contributed by atoms with Crippen molar-refractivity contribution in [1.82, 2.24) is 4.98 Å². The van der Waals surface area contributed by atoms with Gasteiger partial charge >= 0.3 is 5.97 Å². The highest BCUT2D eigenvalue weighted by molar-refractivity contribution is 6.30. The van der Waals surface area contributed by atoms with E-state index >= 15 is 0 Å². The second-order valence-corrected chi connectivity index (χ2v) is 6.89. The molecule has 1 heterocycles. The summed E-state index contributed by atoms with van der Waals surface area (Å²) < 4.78 is 16.4. The molecule has 0 amide bonds. The molecule has 2 rings (SSSR count). The lowest BCUT2D eigenvalue weighted by Gasteiger charge is -2.17. The molecule has 1 aromatic carbocycles. The number of hydrogen-bond donors (Lipinski definition) is 2. The van der Waals surface area contributed by atoms with Crippen LogP contribution in [0, 0.1) is 0 Å². The molecule has 0 radical (unpaired) electrons. The minimum atomic E-state index is -1.01. The second-order valence-electron chi connectivity index (χ2n) is 6.45. The van der Waals surface area contributed by atoms with E-state index in [0.29, 0.717) is 16.7 Å². The summed E-state index contributed by atoms with van der Waals surface area (Å²) >= 11 is 5.75. The van der Waals surface area contributed by atoms with Crippen LogP contribution in [0.3, 0.4) is 0 Å². The van der Waals surface area contributed by atoms with Crippen molar-refractivity contribution in [3.8, 4) is 11.6 Å². The molecule has 0 aliphatic heterocycles. The first-order valence-electron chi connectivity index (χ1n) is 8.86. The largest absolute Gasteiger partial charge is 0.491 e. The summed E-state index contributed by atoms with van der Waals surface area (Å²) in [4.78, 5) is 15.3. The number of rotatable bonds is 11. The summed E-state index contributed by atoms with van der Waals surface area (Å²) in [6, 6.07) is 10.3. The number of aliphatic hydroxyl groups excluding tert-OH is 1. The van der Waals surface area contributed by atoms with Crippen molar-refractivity contribution in [3.05, 3.63) is 53.2 Å². The van der Waals surface area contributed by atoms with Gasteiger partial charge in [0.05, 0.1) is 11.1 Å². The highest BCUT2D eigenvalue weighted by atomic mass is 35.5. The number of carboxylic acids is 1. The third kappa shape index (κ3) is 7.72. The Bertz CT molecular complexity index is 753. The molecule has 2 N–H and O–H groups in total. The van der Waals surface area contributed by atoms with E-state index in [9.17, 15) is 15.0 Å². The van der Waals surface area contributed by atoms with Gasteiger partial charge in [-0.05, 0) is 37.6 Å². The average Bonchev–Trinajstić information content (AvgIpc) is 2.65. The topological polar surface area (TPSA) is 98.1 Å². The number of halogens is 1. The number of nitrogens with zero attached hydrogens (tertiary/aromatic N) is 1. The lowest BCUT2D eigenvalue weighted by atomic mass is 10.1. The maximum Gasteiger partial charge on any atom is 0.333 e. The first-order chi connectivity index (χ1) is 13.3. The summed E-state index contributed by atoms with van der Waals surface area (Å²) in [6.07, 6.45) is -0.304. The van der Waals surface area contributed by atoms with Crippen molar-refractivity contribution in [3.63, 3.8) is 0 Å². The number of ether oxygens (including phenoxy) is 3. The predicted octanol–water partition coefficient (Wildman–Crippen LogP) is 2.97. The van der Waals surface area contributed by atoms with E-state index in [-0.39, 0.29) is 25.7 Å². The van der Waals surface area contributed by atoms with Crippen LogP contribution in [0.5, 0.6) is 11.6 Å². The number of aromatic nitrogens is 1. The van der Waals surface area contributed by atoms with E-state index in [4.69, 9.17) is 25.8 Å². The van der Waals surface area contributed by atoms with Gasteiger partial charge in [0, 0.05) is 18.7 Å². The fraction of sp³-hybridized carbons (Fsp3) is 0.400. The van der Waals surface area contributed by atoms with Crippen LogP contribution in [0.1, 0.15) is 19.4 Å². The van der Waals surface area contributed by atoms with Crippen LogP contribution >= 0.6 is 11.6 Å². The van der Waals surface area contributed by atoms with E-state index in [2.05, 4.69) is 4.98 Å². The molecule has 2 unspecified atom stereocenters. The number of aliphatic carboxylic acids is 1. The van der Waals surface area contributed by atoms with Crippen LogP contribution in [0.2, 0.25) is 5.02 Å². The SMILES string of the molecule is CC(C)OC(Cc1cccc(OCC(O)COc2ccc(Cl)cn2)c1)C(=O)O. The van der Waals surface area contributed by atoms with Gasteiger partial charge in [-0.25, -0.2) is 9.78 Å². The van der Waals surface area contributed by atoms with Gasteiger partial charge in [0.25, 0.3) is 0 Å². The molecule has 0 bridgehead atoms. The number of aliphatic hydroxyl groups is 1. The Morgan fingerprint density at radius 3 is 2.57 bits per heavy atom. The fourth-order valence-electron chi connectivity index (χ4n) is 2.37. The van der Waals surface area contributed by atoms with Crippen LogP contribution < -0.4 is 9.47 Å². The van der Waals surface area contributed by atoms with Gasteiger partial charge in [-0.1, -0.05) is 23.7 Å². The minimum Gasteiger partial charge on any atom is -0.491 e. The highest BCUT2D eigenvalue weighted by Crippen LogP contribution is 2.17. The standard InChI is InChI=1S/C20H24ClNO6/c1-13(2)28-18(20(24)25)9-14-4-3-5-17(8-14)26-11-16(23)12-27-19-7-6-15(21)10-22-19/h3-8,10,13,16,18,23H,9,11-12H2,1-2H3,(H,24,25).